The van der Waals surface area contributed by atoms with Crippen LogP contribution >= 0.6 is 11.8 Å². The molecule has 0 aliphatic rings. The number of ether oxygens (including phenoxy) is 1. The normalized spacial score (nSPS) is 12.0. The van der Waals surface area contributed by atoms with Gasteiger partial charge in [0.2, 0.25) is 0 Å². The van der Waals surface area contributed by atoms with Crippen molar-refractivity contribution in [1.82, 2.24) is 14.8 Å². The smallest absolute Gasteiger partial charge is 0.192 e. The maximum absolute atomic E-state index is 13.1. The van der Waals surface area contributed by atoms with E-state index in [1.807, 2.05) is 42.7 Å². The van der Waals surface area contributed by atoms with Crippen LogP contribution in [0.2, 0.25) is 0 Å². The molecule has 5 nitrogen and oxygen atoms in total. The van der Waals surface area contributed by atoms with E-state index in [9.17, 15) is 9.18 Å². The molecule has 0 N–H and O–H groups in total. The van der Waals surface area contributed by atoms with Gasteiger partial charge in [-0.25, -0.2) is 4.39 Å². The highest BCUT2D eigenvalue weighted by molar-refractivity contribution is 8.00. The molecule has 1 heterocycles. The summed E-state index contributed by atoms with van der Waals surface area (Å²) in [6.07, 6.45) is 0. The number of methoxy groups -OCH3 is 1. The molecule has 1 atom stereocenters. The Kier molecular flexibility index (Phi) is 5.91. The van der Waals surface area contributed by atoms with Crippen LogP contribution in [0.3, 0.4) is 0 Å². The maximum Gasteiger partial charge on any atom is 0.192 e. The fourth-order valence-corrected chi connectivity index (χ4v) is 3.67. The average Bonchev–Trinajstić information content (AvgIpc) is 3.10. The Morgan fingerprint density at radius 3 is 2.41 bits per heavy atom. The lowest BCUT2D eigenvalue weighted by molar-refractivity contribution is 0.0994. The Morgan fingerprint density at radius 1 is 1.15 bits per heavy atom. The lowest BCUT2D eigenvalue weighted by Gasteiger charge is -2.12. The molecule has 2 aromatic carbocycles. The van der Waals surface area contributed by atoms with Gasteiger partial charge >= 0.3 is 0 Å². The molecule has 0 aliphatic heterocycles. The predicted octanol–water partition coefficient (Wildman–Crippen LogP) is 4.48. The lowest BCUT2D eigenvalue weighted by atomic mass is 10.1. The van der Waals surface area contributed by atoms with Crippen LogP contribution in [0.25, 0.3) is 11.4 Å². The molecule has 140 valence electrons. The van der Waals surface area contributed by atoms with Crippen molar-refractivity contribution in [2.45, 2.75) is 30.8 Å². The van der Waals surface area contributed by atoms with Gasteiger partial charge in [0, 0.05) is 17.7 Å². The SMILES string of the molecule is CCn1c(S[C@@H](C)C(=O)c2ccc(F)cc2)nnc1-c1ccc(OC)cc1. The predicted molar refractivity (Wildman–Crippen MR) is 104 cm³/mol. The molecular formula is C20H20FN3O2S. The first-order valence-electron chi connectivity index (χ1n) is 8.57. The van der Waals surface area contributed by atoms with E-state index in [0.29, 0.717) is 17.3 Å². The zero-order valence-corrected chi connectivity index (χ0v) is 16.2. The molecule has 3 rings (SSSR count). The van der Waals surface area contributed by atoms with Crippen molar-refractivity contribution in [3.8, 4) is 17.1 Å². The summed E-state index contributed by atoms with van der Waals surface area (Å²) in [5.41, 5.74) is 1.41. The molecule has 0 spiro atoms. The first-order chi connectivity index (χ1) is 13.0. The quantitative estimate of drug-likeness (QED) is 0.443. The third-order valence-corrected chi connectivity index (χ3v) is 5.24. The number of thioether (sulfide) groups is 1. The van der Waals surface area contributed by atoms with Gasteiger partial charge in [0.25, 0.3) is 0 Å². The fraction of sp³-hybridized carbons (Fsp3) is 0.250. The van der Waals surface area contributed by atoms with Gasteiger partial charge in [0.15, 0.2) is 16.8 Å². The van der Waals surface area contributed by atoms with Gasteiger partial charge in [-0.1, -0.05) is 11.8 Å². The number of nitrogens with zero attached hydrogens (tertiary/aromatic N) is 3. The number of hydrogen-bond donors (Lipinski definition) is 0. The number of Topliss-reactive ketones (excluding diaryl/α,β-unsaturated/α-hetero) is 1. The summed E-state index contributed by atoms with van der Waals surface area (Å²) in [5.74, 6) is 1.08. The van der Waals surface area contributed by atoms with Crippen molar-refractivity contribution >= 4 is 17.5 Å². The Balaban J connectivity index is 1.81. The van der Waals surface area contributed by atoms with E-state index in [1.54, 1.807) is 7.11 Å². The Labute approximate surface area is 161 Å². The topological polar surface area (TPSA) is 57.0 Å². The third kappa shape index (κ3) is 4.19. The van der Waals surface area contributed by atoms with Crippen LogP contribution in [-0.2, 0) is 6.54 Å². The second kappa shape index (κ2) is 8.35. The molecule has 0 saturated heterocycles. The number of carbonyl (C=O) groups is 1. The van der Waals surface area contributed by atoms with Gasteiger partial charge in [0.1, 0.15) is 11.6 Å². The van der Waals surface area contributed by atoms with Gasteiger partial charge in [-0.05, 0) is 62.4 Å². The minimum Gasteiger partial charge on any atom is -0.497 e. The number of aromatic nitrogens is 3. The van der Waals surface area contributed by atoms with Crippen LogP contribution in [0, 0.1) is 5.82 Å². The zero-order valence-electron chi connectivity index (χ0n) is 15.3. The van der Waals surface area contributed by atoms with Crippen molar-refractivity contribution < 1.29 is 13.9 Å². The largest absolute Gasteiger partial charge is 0.497 e. The number of rotatable bonds is 7. The van der Waals surface area contributed by atoms with Gasteiger partial charge in [-0.15, -0.1) is 10.2 Å². The summed E-state index contributed by atoms with van der Waals surface area (Å²) in [4.78, 5) is 12.6. The average molecular weight is 385 g/mol. The number of hydrogen-bond acceptors (Lipinski definition) is 5. The molecule has 7 heteroatoms. The van der Waals surface area contributed by atoms with E-state index < -0.39 is 0 Å². The van der Waals surface area contributed by atoms with Crippen LogP contribution in [0.15, 0.2) is 53.7 Å². The van der Waals surface area contributed by atoms with E-state index in [4.69, 9.17) is 4.74 Å². The number of carbonyl (C=O) groups excluding carboxylic acids is 1. The van der Waals surface area contributed by atoms with Crippen LogP contribution in [0.4, 0.5) is 4.39 Å². The van der Waals surface area contributed by atoms with Crippen LogP contribution in [-0.4, -0.2) is 32.9 Å². The Bertz CT molecular complexity index is 923. The summed E-state index contributed by atoms with van der Waals surface area (Å²) in [6, 6.07) is 13.2. The van der Waals surface area contributed by atoms with E-state index in [0.717, 1.165) is 17.1 Å². The van der Waals surface area contributed by atoms with Gasteiger partial charge in [-0.2, -0.15) is 0 Å². The zero-order chi connectivity index (χ0) is 19.4. The monoisotopic (exact) mass is 385 g/mol. The van der Waals surface area contributed by atoms with Crippen LogP contribution in [0.5, 0.6) is 5.75 Å². The molecule has 27 heavy (non-hydrogen) atoms. The van der Waals surface area contributed by atoms with E-state index in [-0.39, 0.29) is 16.9 Å². The summed E-state index contributed by atoms with van der Waals surface area (Å²) >= 11 is 1.35. The molecule has 1 aromatic heterocycles. The summed E-state index contributed by atoms with van der Waals surface area (Å²) in [6.45, 7) is 4.50. The Morgan fingerprint density at radius 2 is 1.81 bits per heavy atom. The number of halogens is 1. The molecule has 3 aromatic rings. The highest BCUT2D eigenvalue weighted by Gasteiger charge is 2.21. The summed E-state index contributed by atoms with van der Waals surface area (Å²) < 4.78 is 20.2. The first-order valence-corrected chi connectivity index (χ1v) is 9.45. The van der Waals surface area contributed by atoms with Crippen molar-refractivity contribution in [2.75, 3.05) is 7.11 Å². The molecule has 0 unspecified atom stereocenters. The summed E-state index contributed by atoms with van der Waals surface area (Å²) in [5, 5.41) is 8.87. The number of ketones is 1. The second-order valence-electron chi connectivity index (χ2n) is 5.91. The minimum absolute atomic E-state index is 0.0725. The fourth-order valence-electron chi connectivity index (χ4n) is 2.68. The first kappa shape index (κ1) is 19.1. The van der Waals surface area contributed by atoms with Gasteiger partial charge in [-0.3, -0.25) is 4.79 Å². The molecule has 0 amide bonds. The Hall–Kier alpha value is -2.67. The van der Waals surface area contributed by atoms with Crippen molar-refractivity contribution in [2.24, 2.45) is 0 Å². The van der Waals surface area contributed by atoms with Crippen LogP contribution in [0.1, 0.15) is 24.2 Å². The maximum atomic E-state index is 13.1. The highest BCUT2D eigenvalue weighted by atomic mass is 32.2. The molecular weight excluding hydrogens is 365 g/mol. The highest BCUT2D eigenvalue weighted by Crippen LogP contribution is 2.29. The van der Waals surface area contributed by atoms with Crippen molar-refractivity contribution in [1.29, 1.82) is 0 Å². The molecule has 0 bridgehead atoms. The van der Waals surface area contributed by atoms with Gasteiger partial charge in [0.05, 0.1) is 12.4 Å². The molecule has 0 saturated carbocycles. The summed E-state index contributed by atoms with van der Waals surface area (Å²) in [7, 11) is 1.62. The van der Waals surface area contributed by atoms with E-state index in [1.165, 1.54) is 36.0 Å². The molecule has 0 aliphatic carbocycles. The van der Waals surface area contributed by atoms with E-state index in [2.05, 4.69) is 10.2 Å². The molecule has 0 radical (unpaired) electrons. The molecule has 0 fully saturated rings. The standard InChI is InChI=1S/C20H20FN3O2S/c1-4-24-19(15-7-11-17(26-3)12-8-15)22-23-20(24)27-13(2)18(25)14-5-9-16(21)10-6-14/h5-13H,4H2,1-3H3/t13-/m0/s1. The third-order valence-electron chi connectivity index (χ3n) is 4.16. The van der Waals surface area contributed by atoms with Crippen molar-refractivity contribution in [3.63, 3.8) is 0 Å². The minimum atomic E-state index is -0.367. The van der Waals surface area contributed by atoms with Crippen molar-refractivity contribution in [3.05, 3.63) is 59.9 Å². The second-order valence-corrected chi connectivity index (χ2v) is 7.22. The van der Waals surface area contributed by atoms with E-state index >= 15 is 0 Å². The van der Waals surface area contributed by atoms with Gasteiger partial charge < -0.3 is 9.30 Å². The number of benzene rings is 2. The lowest BCUT2D eigenvalue weighted by Crippen LogP contribution is -2.14. The van der Waals surface area contributed by atoms with Crippen LogP contribution < -0.4 is 4.74 Å².